The summed E-state index contributed by atoms with van der Waals surface area (Å²) >= 11 is 0. The van der Waals surface area contributed by atoms with Gasteiger partial charge in [-0.25, -0.2) is 0 Å². The molecule has 0 amide bonds. The third-order valence-electron chi connectivity index (χ3n) is 11.5. The van der Waals surface area contributed by atoms with E-state index < -0.39 is 0 Å². The molecule has 298 valence electrons. The van der Waals surface area contributed by atoms with E-state index in [2.05, 4.69) is 62.4 Å². The van der Waals surface area contributed by atoms with Crippen LogP contribution in [0.4, 0.5) is 0 Å². The van der Waals surface area contributed by atoms with Crippen LogP contribution in [0.2, 0.25) is 0 Å². The summed E-state index contributed by atoms with van der Waals surface area (Å²) in [6.45, 7) is 11.4. The Morgan fingerprint density at radius 2 is 0.577 bits per heavy atom. The van der Waals surface area contributed by atoms with Gasteiger partial charge in [-0.05, 0) is 36.8 Å². The summed E-state index contributed by atoms with van der Waals surface area (Å²) in [7, 11) is 0. The van der Waals surface area contributed by atoms with Gasteiger partial charge >= 0.3 is 0 Å². The quantitative estimate of drug-likeness (QED) is 0.0421. The zero-order chi connectivity index (χ0) is 37.6. The predicted molar refractivity (Wildman–Crippen MR) is 221 cm³/mol. The highest BCUT2D eigenvalue weighted by Gasteiger charge is 2.28. The Balaban J connectivity index is 1.93. The highest BCUT2D eigenvalue weighted by Crippen LogP contribution is 2.25. The second-order valence-electron chi connectivity index (χ2n) is 16.0. The molecule has 0 aliphatic rings. The second-order valence-corrected chi connectivity index (χ2v) is 16.0. The summed E-state index contributed by atoms with van der Waals surface area (Å²) in [4.78, 5) is 0. The Morgan fingerprint density at radius 3 is 0.827 bits per heavy atom. The Labute approximate surface area is 320 Å². The van der Waals surface area contributed by atoms with Gasteiger partial charge in [0, 0.05) is 11.1 Å². The lowest BCUT2D eigenvalue weighted by Crippen LogP contribution is -2.51. The van der Waals surface area contributed by atoms with Crippen molar-refractivity contribution in [3.05, 3.63) is 59.7 Å². The standard InChI is InChI=1S/C46H82N2O4/c1-3-5-7-9-11-13-15-17-19-21-31-47(33-37-49,34-38-50)41-43-23-27-45(28-24-43)46-29-25-44(26-30-46)42-48(35-39-51,36-40-52)32-22-20-18-16-14-12-10-8-6-4-2/h23-30,49-52H,3-22,31-42H2,1-2H3/q+2. The summed E-state index contributed by atoms with van der Waals surface area (Å²) < 4.78 is 1.47. The SMILES string of the molecule is CCCCCCCCCCCC[N+](CCO)(CCO)Cc1ccc(-c2ccc(C[N+](CCO)(CCO)CCCCCCCCCCCC)cc2)cc1. The van der Waals surface area contributed by atoms with Crippen LogP contribution in [0.25, 0.3) is 11.1 Å². The third kappa shape index (κ3) is 19.5. The van der Waals surface area contributed by atoms with Crippen molar-refractivity contribution in [1.82, 2.24) is 0 Å². The van der Waals surface area contributed by atoms with Gasteiger partial charge in [0.2, 0.25) is 0 Å². The van der Waals surface area contributed by atoms with Crippen LogP contribution in [0.3, 0.4) is 0 Å². The van der Waals surface area contributed by atoms with Crippen LogP contribution in [-0.4, -0.2) is 95.1 Å². The Bertz CT molecular complexity index is 991. The highest BCUT2D eigenvalue weighted by atomic mass is 16.3. The molecule has 0 bridgehead atoms. The fraction of sp³-hybridized carbons (Fsp3) is 0.739. The van der Waals surface area contributed by atoms with Gasteiger partial charge in [-0.2, -0.15) is 0 Å². The maximum Gasteiger partial charge on any atom is 0.104 e. The van der Waals surface area contributed by atoms with Crippen LogP contribution in [0.15, 0.2) is 48.5 Å². The van der Waals surface area contributed by atoms with Crippen molar-refractivity contribution in [2.75, 3.05) is 65.7 Å². The van der Waals surface area contributed by atoms with Crippen LogP contribution < -0.4 is 0 Å². The van der Waals surface area contributed by atoms with E-state index in [1.165, 1.54) is 138 Å². The fourth-order valence-corrected chi connectivity index (χ4v) is 8.24. The molecule has 0 aliphatic carbocycles. The Kier molecular flexibility index (Phi) is 26.3. The first-order valence-corrected chi connectivity index (χ1v) is 21.8. The topological polar surface area (TPSA) is 80.9 Å². The van der Waals surface area contributed by atoms with Gasteiger partial charge < -0.3 is 29.4 Å². The van der Waals surface area contributed by atoms with E-state index in [1.54, 1.807) is 0 Å². The van der Waals surface area contributed by atoms with Crippen molar-refractivity contribution in [3.63, 3.8) is 0 Å². The van der Waals surface area contributed by atoms with E-state index in [0.717, 1.165) is 48.0 Å². The van der Waals surface area contributed by atoms with Crippen molar-refractivity contribution in [3.8, 4) is 11.1 Å². The first kappa shape index (κ1) is 46.4. The monoisotopic (exact) mass is 727 g/mol. The molecule has 0 atom stereocenters. The number of hydrogen-bond acceptors (Lipinski definition) is 4. The van der Waals surface area contributed by atoms with Crippen molar-refractivity contribution in [2.45, 2.75) is 155 Å². The van der Waals surface area contributed by atoms with Crippen LogP contribution in [0.5, 0.6) is 0 Å². The fourth-order valence-electron chi connectivity index (χ4n) is 8.24. The molecule has 0 heterocycles. The molecule has 52 heavy (non-hydrogen) atoms. The number of nitrogens with zero attached hydrogens (tertiary/aromatic N) is 2. The number of rotatable bonds is 35. The molecule has 6 heteroatoms. The molecule has 6 nitrogen and oxygen atoms in total. The molecule has 2 rings (SSSR count). The zero-order valence-electron chi connectivity index (χ0n) is 33.9. The maximum absolute atomic E-state index is 10.0. The number of benzene rings is 2. The Morgan fingerprint density at radius 1 is 0.327 bits per heavy atom. The largest absolute Gasteiger partial charge is 0.391 e. The van der Waals surface area contributed by atoms with E-state index in [0.29, 0.717) is 26.2 Å². The van der Waals surface area contributed by atoms with E-state index in [9.17, 15) is 20.4 Å². The van der Waals surface area contributed by atoms with Gasteiger partial charge in [0.25, 0.3) is 0 Å². The van der Waals surface area contributed by atoms with E-state index in [-0.39, 0.29) is 26.4 Å². The van der Waals surface area contributed by atoms with Gasteiger partial charge in [0.15, 0.2) is 0 Å². The first-order valence-electron chi connectivity index (χ1n) is 21.8. The minimum absolute atomic E-state index is 0.137. The minimum atomic E-state index is 0.137. The molecule has 0 unspecified atom stereocenters. The van der Waals surface area contributed by atoms with E-state index in [4.69, 9.17) is 0 Å². The minimum Gasteiger partial charge on any atom is -0.391 e. The van der Waals surface area contributed by atoms with E-state index in [1.807, 2.05) is 0 Å². The van der Waals surface area contributed by atoms with Crippen LogP contribution >= 0.6 is 0 Å². The normalized spacial score (nSPS) is 12.2. The molecule has 0 saturated carbocycles. The van der Waals surface area contributed by atoms with Crippen molar-refractivity contribution in [1.29, 1.82) is 0 Å². The van der Waals surface area contributed by atoms with E-state index >= 15 is 0 Å². The second kappa shape index (κ2) is 29.5. The Hall–Kier alpha value is -1.80. The molecule has 2 aromatic carbocycles. The number of quaternary nitrogens is 2. The number of aliphatic hydroxyl groups is 4. The molecule has 0 fully saturated rings. The molecule has 0 radical (unpaired) electrons. The van der Waals surface area contributed by atoms with Crippen molar-refractivity contribution < 1.29 is 29.4 Å². The highest BCUT2D eigenvalue weighted by molar-refractivity contribution is 5.63. The van der Waals surface area contributed by atoms with Crippen molar-refractivity contribution in [2.24, 2.45) is 0 Å². The van der Waals surface area contributed by atoms with Crippen LogP contribution in [0, 0.1) is 0 Å². The summed E-state index contributed by atoms with van der Waals surface area (Å²) in [5.41, 5.74) is 4.86. The average molecular weight is 727 g/mol. The molecule has 0 aliphatic heterocycles. The van der Waals surface area contributed by atoms with Gasteiger partial charge in [0.1, 0.15) is 39.3 Å². The smallest absolute Gasteiger partial charge is 0.104 e. The first-order chi connectivity index (χ1) is 25.5. The van der Waals surface area contributed by atoms with Gasteiger partial charge in [0.05, 0.1) is 39.5 Å². The lowest BCUT2D eigenvalue weighted by Gasteiger charge is -2.38. The van der Waals surface area contributed by atoms with Gasteiger partial charge in [-0.15, -0.1) is 0 Å². The zero-order valence-corrected chi connectivity index (χ0v) is 33.9. The molecule has 0 saturated heterocycles. The lowest BCUT2D eigenvalue weighted by molar-refractivity contribution is -0.941. The summed E-state index contributed by atoms with van der Waals surface area (Å²) in [5.74, 6) is 0. The molecular formula is C46H82N2O4+2. The van der Waals surface area contributed by atoms with Gasteiger partial charge in [-0.3, -0.25) is 0 Å². The number of aliphatic hydroxyl groups excluding tert-OH is 4. The predicted octanol–water partition coefficient (Wildman–Crippen LogP) is 9.80. The summed E-state index contributed by atoms with van der Waals surface area (Å²) in [6.07, 6.45) is 26.2. The summed E-state index contributed by atoms with van der Waals surface area (Å²) in [6, 6.07) is 17.7. The number of unbranched alkanes of at least 4 members (excludes halogenated alkanes) is 18. The summed E-state index contributed by atoms with van der Waals surface area (Å²) in [5, 5.41) is 40.0. The number of hydrogen-bond donors (Lipinski definition) is 4. The van der Waals surface area contributed by atoms with Gasteiger partial charge in [-0.1, -0.05) is 165 Å². The molecule has 4 N–H and O–H groups in total. The maximum atomic E-state index is 10.0. The lowest BCUT2D eigenvalue weighted by atomic mass is 10.0. The van der Waals surface area contributed by atoms with Crippen molar-refractivity contribution >= 4 is 0 Å². The third-order valence-corrected chi connectivity index (χ3v) is 11.5. The van der Waals surface area contributed by atoms with Crippen LogP contribution in [-0.2, 0) is 13.1 Å². The molecule has 0 aromatic heterocycles. The molecular weight excluding hydrogens is 645 g/mol. The molecule has 2 aromatic rings. The average Bonchev–Trinajstić information content (AvgIpc) is 3.14. The van der Waals surface area contributed by atoms with Crippen LogP contribution in [0.1, 0.15) is 153 Å². The molecule has 0 spiro atoms.